The standard InChI is InChI=1S/C22H25N3O3/c1-3-27-17-11-9-16(10-12-17)22(26)25(14-18-6-5-13-28-18)15-20-19-7-4-8-21(19)24(2)23-20/h5-6,9-13H,3-4,7-8,14-15H2,1-2H3. The minimum Gasteiger partial charge on any atom is -0.494 e. The van der Waals surface area contributed by atoms with E-state index in [1.807, 2.05) is 55.1 Å². The van der Waals surface area contributed by atoms with Crippen LogP contribution < -0.4 is 4.74 Å². The summed E-state index contributed by atoms with van der Waals surface area (Å²) in [6.45, 7) is 3.42. The molecule has 1 amide bonds. The minimum atomic E-state index is -0.0446. The summed E-state index contributed by atoms with van der Waals surface area (Å²) in [5, 5.41) is 4.69. The number of aromatic nitrogens is 2. The number of furan rings is 1. The van der Waals surface area contributed by atoms with Crippen LogP contribution in [0, 0.1) is 0 Å². The predicted octanol–water partition coefficient (Wildman–Crippen LogP) is 3.74. The summed E-state index contributed by atoms with van der Waals surface area (Å²) in [4.78, 5) is 15.1. The molecule has 4 rings (SSSR count). The molecule has 146 valence electrons. The Balaban J connectivity index is 1.60. The van der Waals surface area contributed by atoms with Crippen molar-refractivity contribution in [3.05, 3.63) is 70.9 Å². The number of ether oxygens (including phenoxy) is 1. The van der Waals surface area contributed by atoms with E-state index in [0.29, 0.717) is 25.3 Å². The van der Waals surface area contributed by atoms with Crippen molar-refractivity contribution in [3.8, 4) is 5.75 Å². The molecule has 6 nitrogen and oxygen atoms in total. The van der Waals surface area contributed by atoms with Gasteiger partial charge in [-0.2, -0.15) is 5.10 Å². The fraction of sp³-hybridized carbons (Fsp3) is 0.364. The lowest BCUT2D eigenvalue weighted by molar-refractivity contribution is 0.0714. The molecule has 2 aromatic heterocycles. The maximum atomic E-state index is 13.3. The molecule has 0 atom stereocenters. The number of carbonyl (C=O) groups is 1. The van der Waals surface area contributed by atoms with Gasteiger partial charge in [-0.1, -0.05) is 0 Å². The summed E-state index contributed by atoms with van der Waals surface area (Å²) >= 11 is 0. The molecule has 1 aliphatic carbocycles. The van der Waals surface area contributed by atoms with Crippen LogP contribution in [-0.2, 0) is 33.0 Å². The van der Waals surface area contributed by atoms with Crippen LogP contribution in [0.2, 0.25) is 0 Å². The van der Waals surface area contributed by atoms with Gasteiger partial charge in [0.1, 0.15) is 11.5 Å². The Morgan fingerprint density at radius 1 is 1.21 bits per heavy atom. The van der Waals surface area contributed by atoms with Crippen LogP contribution in [0.25, 0.3) is 0 Å². The summed E-state index contributed by atoms with van der Waals surface area (Å²) in [5.41, 5.74) is 4.20. The first kappa shape index (κ1) is 18.3. The highest BCUT2D eigenvalue weighted by atomic mass is 16.5. The van der Waals surface area contributed by atoms with Crippen molar-refractivity contribution in [2.75, 3.05) is 6.61 Å². The first-order valence-electron chi connectivity index (χ1n) is 9.74. The molecule has 3 aromatic rings. The first-order chi connectivity index (χ1) is 13.7. The third-order valence-electron chi connectivity index (χ3n) is 5.17. The number of hydrogen-bond donors (Lipinski definition) is 0. The molecule has 1 aliphatic rings. The van der Waals surface area contributed by atoms with Crippen LogP contribution in [0.15, 0.2) is 47.1 Å². The topological polar surface area (TPSA) is 60.5 Å². The van der Waals surface area contributed by atoms with Crippen molar-refractivity contribution < 1.29 is 13.9 Å². The normalized spacial score (nSPS) is 12.8. The van der Waals surface area contributed by atoms with E-state index < -0.39 is 0 Å². The van der Waals surface area contributed by atoms with E-state index in [0.717, 1.165) is 36.5 Å². The first-order valence-corrected chi connectivity index (χ1v) is 9.74. The van der Waals surface area contributed by atoms with E-state index >= 15 is 0 Å². The van der Waals surface area contributed by atoms with Gasteiger partial charge >= 0.3 is 0 Å². The van der Waals surface area contributed by atoms with Crippen molar-refractivity contribution in [1.29, 1.82) is 0 Å². The summed E-state index contributed by atoms with van der Waals surface area (Å²) in [7, 11) is 1.98. The molecule has 0 saturated heterocycles. The molecule has 28 heavy (non-hydrogen) atoms. The van der Waals surface area contributed by atoms with Crippen molar-refractivity contribution in [2.24, 2.45) is 7.05 Å². The Morgan fingerprint density at radius 3 is 2.75 bits per heavy atom. The molecule has 6 heteroatoms. The van der Waals surface area contributed by atoms with E-state index in [1.165, 1.54) is 11.3 Å². The number of amides is 1. The van der Waals surface area contributed by atoms with E-state index in [4.69, 9.17) is 9.15 Å². The summed E-state index contributed by atoms with van der Waals surface area (Å²) in [6.07, 6.45) is 4.88. The van der Waals surface area contributed by atoms with Gasteiger partial charge in [-0.25, -0.2) is 0 Å². The van der Waals surface area contributed by atoms with Crippen molar-refractivity contribution >= 4 is 5.91 Å². The molecular weight excluding hydrogens is 354 g/mol. The molecule has 0 saturated carbocycles. The molecule has 1 aromatic carbocycles. The molecule has 0 N–H and O–H groups in total. The second kappa shape index (κ2) is 7.92. The van der Waals surface area contributed by atoms with E-state index in [2.05, 4.69) is 5.10 Å². The van der Waals surface area contributed by atoms with Gasteiger partial charge in [-0.05, 0) is 68.1 Å². The van der Waals surface area contributed by atoms with Gasteiger partial charge in [0.2, 0.25) is 0 Å². The molecule has 0 unspecified atom stereocenters. The Hall–Kier alpha value is -3.02. The van der Waals surface area contributed by atoms with Crippen LogP contribution in [0.3, 0.4) is 0 Å². The Labute approximate surface area is 164 Å². The zero-order valence-electron chi connectivity index (χ0n) is 16.4. The maximum Gasteiger partial charge on any atom is 0.254 e. The van der Waals surface area contributed by atoms with Crippen molar-refractivity contribution in [2.45, 2.75) is 39.3 Å². The maximum absolute atomic E-state index is 13.3. The molecule has 0 aliphatic heterocycles. The lowest BCUT2D eigenvalue weighted by atomic mass is 10.1. The third-order valence-corrected chi connectivity index (χ3v) is 5.17. The monoisotopic (exact) mass is 379 g/mol. The van der Waals surface area contributed by atoms with Gasteiger partial charge in [-0.3, -0.25) is 9.48 Å². The van der Waals surface area contributed by atoms with Crippen LogP contribution >= 0.6 is 0 Å². The highest BCUT2D eigenvalue weighted by molar-refractivity contribution is 5.94. The van der Waals surface area contributed by atoms with E-state index in [9.17, 15) is 4.79 Å². The van der Waals surface area contributed by atoms with Crippen LogP contribution in [0.4, 0.5) is 0 Å². The summed E-state index contributed by atoms with van der Waals surface area (Å²) in [5.74, 6) is 1.47. The van der Waals surface area contributed by atoms with Gasteiger partial charge in [0.15, 0.2) is 0 Å². The van der Waals surface area contributed by atoms with Crippen LogP contribution in [0.1, 0.15) is 46.4 Å². The van der Waals surface area contributed by atoms with Gasteiger partial charge in [0, 0.05) is 18.3 Å². The van der Waals surface area contributed by atoms with Crippen LogP contribution in [0.5, 0.6) is 5.75 Å². The Morgan fingerprint density at radius 2 is 2.04 bits per heavy atom. The fourth-order valence-corrected chi connectivity index (χ4v) is 3.84. The number of nitrogens with zero attached hydrogens (tertiary/aromatic N) is 3. The van der Waals surface area contributed by atoms with Crippen molar-refractivity contribution in [1.82, 2.24) is 14.7 Å². The number of aryl methyl sites for hydroxylation is 1. The minimum absolute atomic E-state index is 0.0446. The molecule has 0 radical (unpaired) electrons. The van der Waals surface area contributed by atoms with Gasteiger partial charge in [-0.15, -0.1) is 0 Å². The highest BCUT2D eigenvalue weighted by Crippen LogP contribution is 2.26. The summed E-state index contributed by atoms with van der Waals surface area (Å²) in [6, 6.07) is 11.0. The molecular formula is C22H25N3O3. The van der Waals surface area contributed by atoms with Crippen LogP contribution in [-0.4, -0.2) is 27.2 Å². The van der Waals surface area contributed by atoms with E-state index in [-0.39, 0.29) is 5.91 Å². The smallest absolute Gasteiger partial charge is 0.254 e. The zero-order chi connectivity index (χ0) is 19.5. The highest BCUT2D eigenvalue weighted by Gasteiger charge is 2.25. The average molecular weight is 379 g/mol. The van der Waals surface area contributed by atoms with E-state index in [1.54, 1.807) is 11.2 Å². The third kappa shape index (κ3) is 3.67. The molecule has 0 bridgehead atoms. The van der Waals surface area contributed by atoms with Gasteiger partial charge < -0.3 is 14.1 Å². The molecule has 2 heterocycles. The number of carbonyl (C=O) groups excluding carboxylic acids is 1. The number of rotatable bonds is 7. The quantitative estimate of drug-likeness (QED) is 0.627. The number of benzene rings is 1. The number of fused-ring (bicyclic) bond motifs is 1. The summed E-state index contributed by atoms with van der Waals surface area (Å²) < 4.78 is 12.9. The lowest BCUT2D eigenvalue weighted by Gasteiger charge is -2.21. The van der Waals surface area contributed by atoms with Gasteiger partial charge in [0.05, 0.1) is 31.7 Å². The second-order valence-electron chi connectivity index (χ2n) is 7.05. The Kier molecular flexibility index (Phi) is 5.19. The fourth-order valence-electron chi connectivity index (χ4n) is 3.84. The van der Waals surface area contributed by atoms with Crippen molar-refractivity contribution in [3.63, 3.8) is 0 Å². The van der Waals surface area contributed by atoms with Gasteiger partial charge in [0.25, 0.3) is 5.91 Å². The predicted molar refractivity (Wildman–Crippen MR) is 105 cm³/mol. The largest absolute Gasteiger partial charge is 0.494 e. The molecule has 0 fully saturated rings. The molecule has 0 spiro atoms. The zero-order valence-corrected chi connectivity index (χ0v) is 16.4. The Bertz CT molecular complexity index is 942. The lowest BCUT2D eigenvalue weighted by Crippen LogP contribution is -2.30. The number of hydrogen-bond acceptors (Lipinski definition) is 4. The average Bonchev–Trinajstić information content (AvgIpc) is 3.43. The second-order valence-corrected chi connectivity index (χ2v) is 7.05. The SMILES string of the molecule is CCOc1ccc(C(=O)N(Cc2ccco2)Cc2nn(C)c3c2CCC3)cc1.